The highest BCUT2D eigenvalue weighted by atomic mass is 15.0. The van der Waals surface area contributed by atoms with Gasteiger partial charge in [-0.1, -0.05) is 33.8 Å². The van der Waals surface area contributed by atoms with Gasteiger partial charge in [-0.2, -0.15) is 0 Å². The SMILES string of the molecule is CCC(C)(C)Nc1ccc(C(C)(C)C)cn1. The second-order valence-corrected chi connectivity index (χ2v) is 6.04. The maximum atomic E-state index is 4.47. The van der Waals surface area contributed by atoms with Crippen LogP contribution in [0.2, 0.25) is 0 Å². The molecule has 1 aromatic rings. The quantitative estimate of drug-likeness (QED) is 0.833. The van der Waals surface area contributed by atoms with Crippen LogP contribution < -0.4 is 5.32 Å². The number of rotatable bonds is 3. The van der Waals surface area contributed by atoms with E-state index in [9.17, 15) is 0 Å². The lowest BCUT2D eigenvalue weighted by molar-refractivity contribution is 0.544. The standard InChI is InChI=1S/C14H24N2/c1-7-14(5,6)16-12-9-8-11(10-15-12)13(2,3)4/h8-10H,7H2,1-6H3,(H,15,16). The molecule has 16 heavy (non-hydrogen) atoms. The van der Waals surface area contributed by atoms with E-state index in [0.717, 1.165) is 12.2 Å². The van der Waals surface area contributed by atoms with Crippen molar-refractivity contribution in [2.45, 2.75) is 58.9 Å². The zero-order chi connectivity index (χ0) is 12.4. The number of nitrogens with zero attached hydrogens (tertiary/aromatic N) is 1. The third kappa shape index (κ3) is 3.51. The highest BCUT2D eigenvalue weighted by Gasteiger charge is 2.16. The van der Waals surface area contributed by atoms with Gasteiger partial charge in [-0.3, -0.25) is 0 Å². The summed E-state index contributed by atoms with van der Waals surface area (Å²) in [4.78, 5) is 4.47. The van der Waals surface area contributed by atoms with Crippen molar-refractivity contribution in [1.29, 1.82) is 0 Å². The number of nitrogens with one attached hydrogen (secondary N) is 1. The van der Waals surface area contributed by atoms with Gasteiger partial charge in [0.05, 0.1) is 0 Å². The van der Waals surface area contributed by atoms with Gasteiger partial charge < -0.3 is 5.32 Å². The summed E-state index contributed by atoms with van der Waals surface area (Å²) in [5, 5.41) is 3.44. The minimum Gasteiger partial charge on any atom is -0.365 e. The second-order valence-electron chi connectivity index (χ2n) is 6.04. The van der Waals surface area contributed by atoms with Crippen molar-refractivity contribution in [3.05, 3.63) is 23.9 Å². The summed E-state index contributed by atoms with van der Waals surface area (Å²) in [5.74, 6) is 0.958. The van der Waals surface area contributed by atoms with E-state index in [2.05, 4.69) is 64.0 Å². The molecule has 2 heteroatoms. The summed E-state index contributed by atoms with van der Waals surface area (Å²) >= 11 is 0. The predicted molar refractivity (Wildman–Crippen MR) is 70.9 cm³/mol. The van der Waals surface area contributed by atoms with Gasteiger partial charge in [0.1, 0.15) is 5.82 Å². The molecule has 0 bridgehead atoms. The van der Waals surface area contributed by atoms with Crippen LogP contribution in [0.1, 0.15) is 53.5 Å². The number of pyridine rings is 1. The Labute approximate surface area is 99.5 Å². The Morgan fingerprint density at radius 2 is 1.75 bits per heavy atom. The van der Waals surface area contributed by atoms with Crippen LogP contribution in [0.25, 0.3) is 0 Å². The molecule has 2 nitrogen and oxygen atoms in total. The molecule has 0 aliphatic rings. The van der Waals surface area contributed by atoms with E-state index >= 15 is 0 Å². The number of anilines is 1. The molecule has 0 amide bonds. The predicted octanol–water partition coefficient (Wildman–Crippen LogP) is 3.98. The van der Waals surface area contributed by atoms with Gasteiger partial charge in [0.2, 0.25) is 0 Å². The smallest absolute Gasteiger partial charge is 0.126 e. The molecule has 1 heterocycles. The molecule has 0 aromatic carbocycles. The van der Waals surface area contributed by atoms with Crippen LogP contribution in [-0.4, -0.2) is 10.5 Å². The van der Waals surface area contributed by atoms with Crippen LogP contribution in [0, 0.1) is 0 Å². The van der Waals surface area contributed by atoms with Crippen molar-refractivity contribution >= 4 is 5.82 Å². The first-order chi connectivity index (χ1) is 7.24. The first-order valence-corrected chi connectivity index (χ1v) is 5.99. The number of hydrogen-bond acceptors (Lipinski definition) is 2. The molecule has 0 saturated carbocycles. The van der Waals surface area contributed by atoms with E-state index in [1.165, 1.54) is 5.56 Å². The second kappa shape index (κ2) is 4.44. The fraction of sp³-hybridized carbons (Fsp3) is 0.643. The highest BCUT2D eigenvalue weighted by Crippen LogP contribution is 2.23. The lowest BCUT2D eigenvalue weighted by Gasteiger charge is -2.26. The van der Waals surface area contributed by atoms with Gasteiger partial charge >= 0.3 is 0 Å². The van der Waals surface area contributed by atoms with Crippen molar-refractivity contribution in [1.82, 2.24) is 4.98 Å². The van der Waals surface area contributed by atoms with E-state index in [-0.39, 0.29) is 11.0 Å². The molecular weight excluding hydrogens is 196 g/mol. The molecular formula is C14H24N2. The van der Waals surface area contributed by atoms with Gasteiger partial charge in [0.25, 0.3) is 0 Å². The maximum Gasteiger partial charge on any atom is 0.126 e. The van der Waals surface area contributed by atoms with Crippen molar-refractivity contribution < 1.29 is 0 Å². The first kappa shape index (κ1) is 13.0. The van der Waals surface area contributed by atoms with Crippen molar-refractivity contribution in [2.24, 2.45) is 0 Å². The Balaban J connectivity index is 2.80. The molecule has 0 saturated heterocycles. The van der Waals surface area contributed by atoms with E-state index in [1.807, 2.05) is 6.20 Å². The van der Waals surface area contributed by atoms with Crippen LogP contribution in [0.15, 0.2) is 18.3 Å². The molecule has 0 aliphatic heterocycles. The van der Waals surface area contributed by atoms with E-state index in [1.54, 1.807) is 0 Å². The Hall–Kier alpha value is -1.05. The van der Waals surface area contributed by atoms with Gasteiger partial charge in [0, 0.05) is 11.7 Å². The topological polar surface area (TPSA) is 24.9 Å². The normalized spacial score (nSPS) is 12.6. The zero-order valence-electron chi connectivity index (χ0n) is 11.4. The van der Waals surface area contributed by atoms with Gasteiger partial charge in [-0.25, -0.2) is 4.98 Å². The summed E-state index contributed by atoms with van der Waals surface area (Å²) in [6.45, 7) is 13.2. The Bertz CT molecular complexity index is 331. The molecule has 0 fully saturated rings. The molecule has 90 valence electrons. The molecule has 0 unspecified atom stereocenters. The average Bonchev–Trinajstić information content (AvgIpc) is 2.16. The van der Waals surface area contributed by atoms with Crippen LogP contribution >= 0.6 is 0 Å². The van der Waals surface area contributed by atoms with Crippen molar-refractivity contribution in [3.8, 4) is 0 Å². The van der Waals surface area contributed by atoms with Crippen LogP contribution in [0.3, 0.4) is 0 Å². The Morgan fingerprint density at radius 3 is 2.12 bits per heavy atom. The van der Waals surface area contributed by atoms with Gasteiger partial charge in [-0.05, 0) is 37.3 Å². The largest absolute Gasteiger partial charge is 0.365 e. The minimum absolute atomic E-state index is 0.107. The van der Waals surface area contributed by atoms with E-state index < -0.39 is 0 Å². The molecule has 1 rings (SSSR count). The van der Waals surface area contributed by atoms with E-state index in [0.29, 0.717) is 0 Å². The Kier molecular flexibility index (Phi) is 3.61. The summed E-state index contributed by atoms with van der Waals surface area (Å²) < 4.78 is 0. The lowest BCUT2D eigenvalue weighted by atomic mass is 9.88. The van der Waals surface area contributed by atoms with E-state index in [4.69, 9.17) is 0 Å². The summed E-state index contributed by atoms with van der Waals surface area (Å²) in [6, 6.07) is 4.22. The fourth-order valence-corrected chi connectivity index (χ4v) is 1.35. The fourth-order valence-electron chi connectivity index (χ4n) is 1.35. The van der Waals surface area contributed by atoms with Crippen molar-refractivity contribution in [2.75, 3.05) is 5.32 Å². The van der Waals surface area contributed by atoms with Crippen molar-refractivity contribution in [3.63, 3.8) is 0 Å². The average molecular weight is 220 g/mol. The summed E-state index contributed by atoms with van der Waals surface area (Å²) in [7, 11) is 0. The lowest BCUT2D eigenvalue weighted by Crippen LogP contribution is -2.30. The molecule has 0 radical (unpaired) electrons. The third-order valence-electron chi connectivity index (χ3n) is 2.98. The highest BCUT2D eigenvalue weighted by molar-refractivity contribution is 5.39. The van der Waals surface area contributed by atoms with Gasteiger partial charge in [0.15, 0.2) is 0 Å². The molecule has 1 N–H and O–H groups in total. The molecule has 1 aromatic heterocycles. The Morgan fingerprint density at radius 1 is 1.12 bits per heavy atom. The molecule has 0 spiro atoms. The number of aromatic nitrogens is 1. The van der Waals surface area contributed by atoms with Crippen LogP contribution in [0.5, 0.6) is 0 Å². The number of hydrogen-bond donors (Lipinski definition) is 1. The molecule has 0 aliphatic carbocycles. The maximum absolute atomic E-state index is 4.47. The third-order valence-corrected chi connectivity index (χ3v) is 2.98. The monoisotopic (exact) mass is 220 g/mol. The van der Waals surface area contributed by atoms with Crippen LogP contribution in [-0.2, 0) is 5.41 Å². The zero-order valence-corrected chi connectivity index (χ0v) is 11.4. The minimum atomic E-state index is 0.107. The molecule has 0 atom stereocenters. The van der Waals surface area contributed by atoms with Gasteiger partial charge in [-0.15, -0.1) is 0 Å². The van der Waals surface area contributed by atoms with Crippen LogP contribution in [0.4, 0.5) is 5.82 Å². The summed E-state index contributed by atoms with van der Waals surface area (Å²) in [5.41, 5.74) is 1.55. The first-order valence-electron chi connectivity index (χ1n) is 5.99. The summed E-state index contributed by atoms with van der Waals surface area (Å²) in [6.07, 6.45) is 3.05.